The molecule has 1 rings (SSSR count). The van der Waals surface area contributed by atoms with E-state index in [9.17, 15) is 4.79 Å². The van der Waals surface area contributed by atoms with Crippen LogP contribution in [0.15, 0.2) is 29.3 Å². The van der Waals surface area contributed by atoms with E-state index in [2.05, 4.69) is 22.5 Å². The highest BCUT2D eigenvalue weighted by Gasteiger charge is 2.05. The van der Waals surface area contributed by atoms with Crippen molar-refractivity contribution in [3.05, 3.63) is 34.8 Å². The molecule has 1 aromatic carbocycles. The molecule has 0 N–H and O–H groups in total. The lowest BCUT2D eigenvalue weighted by atomic mass is 10.2. The zero-order chi connectivity index (χ0) is 11.3. The van der Waals surface area contributed by atoms with Gasteiger partial charge in [-0.1, -0.05) is 22.5 Å². The molecule has 0 aliphatic carbocycles. The van der Waals surface area contributed by atoms with Crippen molar-refractivity contribution >= 4 is 22.2 Å². The Bertz CT molecular complexity index is 374. The van der Waals surface area contributed by atoms with Gasteiger partial charge in [-0.25, -0.2) is 0 Å². The van der Waals surface area contributed by atoms with E-state index < -0.39 is 0 Å². The fraction of sp³-hybridized carbons (Fsp3) is 0.182. The van der Waals surface area contributed by atoms with Crippen molar-refractivity contribution in [2.24, 2.45) is 0 Å². The minimum absolute atomic E-state index is 0.313. The first-order chi connectivity index (χ1) is 7.17. The van der Waals surface area contributed by atoms with Gasteiger partial charge in [-0.2, -0.15) is 0 Å². The predicted octanol–water partition coefficient (Wildman–Crippen LogP) is 2.80. The fourth-order valence-corrected chi connectivity index (χ4v) is 1.13. The zero-order valence-corrected chi connectivity index (χ0v) is 9.91. The standard InChI is InChI=1S/C11H11BrO3/c1-8(12)7-15-11-5-10(14-2)4-3-9(11)6-13/h3-6H,1,7H2,2H3. The van der Waals surface area contributed by atoms with Crippen LogP contribution in [-0.2, 0) is 0 Å². The molecule has 4 heteroatoms. The molecular formula is C11H11BrO3. The second-order valence-corrected chi connectivity index (χ2v) is 3.95. The molecule has 0 saturated heterocycles. The highest BCUT2D eigenvalue weighted by Crippen LogP contribution is 2.24. The molecule has 0 atom stereocenters. The molecule has 0 fully saturated rings. The van der Waals surface area contributed by atoms with Gasteiger partial charge in [0.1, 0.15) is 18.1 Å². The van der Waals surface area contributed by atoms with Gasteiger partial charge in [0, 0.05) is 10.5 Å². The third kappa shape index (κ3) is 3.40. The van der Waals surface area contributed by atoms with E-state index in [1.54, 1.807) is 25.3 Å². The van der Waals surface area contributed by atoms with Crippen molar-refractivity contribution in [1.29, 1.82) is 0 Å². The van der Waals surface area contributed by atoms with Crippen molar-refractivity contribution in [3.63, 3.8) is 0 Å². The van der Waals surface area contributed by atoms with Gasteiger partial charge in [-0.05, 0) is 12.1 Å². The third-order valence-electron chi connectivity index (χ3n) is 1.73. The Morgan fingerprint density at radius 1 is 1.60 bits per heavy atom. The van der Waals surface area contributed by atoms with Gasteiger partial charge in [0.25, 0.3) is 0 Å². The van der Waals surface area contributed by atoms with E-state index >= 15 is 0 Å². The van der Waals surface area contributed by atoms with Crippen LogP contribution in [0.4, 0.5) is 0 Å². The van der Waals surface area contributed by atoms with Crippen LogP contribution in [0.3, 0.4) is 0 Å². The van der Waals surface area contributed by atoms with Gasteiger partial charge in [0.2, 0.25) is 0 Å². The molecule has 0 radical (unpaired) electrons. The minimum Gasteiger partial charge on any atom is -0.497 e. The van der Waals surface area contributed by atoms with Crippen molar-refractivity contribution in [2.45, 2.75) is 0 Å². The first-order valence-electron chi connectivity index (χ1n) is 4.26. The van der Waals surface area contributed by atoms with Gasteiger partial charge < -0.3 is 9.47 Å². The molecule has 0 bridgehead atoms. The number of ether oxygens (including phenoxy) is 2. The van der Waals surface area contributed by atoms with Crippen molar-refractivity contribution < 1.29 is 14.3 Å². The average molecular weight is 271 g/mol. The first kappa shape index (κ1) is 11.8. The summed E-state index contributed by atoms with van der Waals surface area (Å²) >= 11 is 3.17. The van der Waals surface area contributed by atoms with E-state index in [-0.39, 0.29) is 0 Å². The molecule has 0 spiro atoms. The number of aldehydes is 1. The maximum Gasteiger partial charge on any atom is 0.153 e. The fourth-order valence-electron chi connectivity index (χ4n) is 1.02. The lowest BCUT2D eigenvalue weighted by Crippen LogP contribution is -1.99. The molecule has 0 saturated carbocycles. The molecule has 0 unspecified atom stereocenters. The monoisotopic (exact) mass is 270 g/mol. The van der Waals surface area contributed by atoms with Crippen LogP contribution in [-0.4, -0.2) is 20.0 Å². The largest absolute Gasteiger partial charge is 0.497 e. The van der Waals surface area contributed by atoms with E-state index in [1.807, 2.05) is 0 Å². The maximum atomic E-state index is 10.7. The molecule has 0 heterocycles. The zero-order valence-electron chi connectivity index (χ0n) is 8.33. The SMILES string of the molecule is C=C(Br)COc1cc(OC)ccc1C=O. The van der Waals surface area contributed by atoms with E-state index in [0.717, 1.165) is 6.29 Å². The first-order valence-corrected chi connectivity index (χ1v) is 5.06. The van der Waals surface area contributed by atoms with Crippen LogP contribution >= 0.6 is 15.9 Å². The van der Waals surface area contributed by atoms with Crippen LogP contribution in [0.25, 0.3) is 0 Å². The minimum atomic E-state index is 0.313. The summed E-state index contributed by atoms with van der Waals surface area (Å²) in [5.74, 6) is 1.14. The Morgan fingerprint density at radius 3 is 2.87 bits per heavy atom. The van der Waals surface area contributed by atoms with Crippen LogP contribution in [0.2, 0.25) is 0 Å². The smallest absolute Gasteiger partial charge is 0.153 e. The van der Waals surface area contributed by atoms with Crippen molar-refractivity contribution in [3.8, 4) is 11.5 Å². The van der Waals surface area contributed by atoms with Gasteiger partial charge in [-0.15, -0.1) is 0 Å². The topological polar surface area (TPSA) is 35.5 Å². The Morgan fingerprint density at radius 2 is 2.33 bits per heavy atom. The van der Waals surface area contributed by atoms with E-state index in [1.165, 1.54) is 0 Å². The number of hydrogen-bond acceptors (Lipinski definition) is 3. The highest BCUT2D eigenvalue weighted by atomic mass is 79.9. The highest BCUT2D eigenvalue weighted by molar-refractivity contribution is 9.11. The Balaban J connectivity index is 2.90. The lowest BCUT2D eigenvalue weighted by Gasteiger charge is -2.09. The molecule has 3 nitrogen and oxygen atoms in total. The molecule has 15 heavy (non-hydrogen) atoms. The number of rotatable bonds is 5. The van der Waals surface area contributed by atoms with Gasteiger partial charge in [0.05, 0.1) is 12.7 Å². The summed E-state index contributed by atoms with van der Waals surface area (Å²) in [5, 5.41) is 0. The molecular weight excluding hydrogens is 260 g/mol. The summed E-state index contributed by atoms with van der Waals surface area (Å²) in [4.78, 5) is 10.7. The van der Waals surface area contributed by atoms with Gasteiger partial charge >= 0.3 is 0 Å². The average Bonchev–Trinajstić information content (AvgIpc) is 2.25. The van der Waals surface area contributed by atoms with Crippen LogP contribution in [0.5, 0.6) is 11.5 Å². The van der Waals surface area contributed by atoms with Crippen molar-refractivity contribution in [1.82, 2.24) is 0 Å². The number of carbonyl (C=O) groups is 1. The Kier molecular flexibility index (Phi) is 4.37. The third-order valence-corrected chi connectivity index (χ3v) is 1.96. The second kappa shape index (κ2) is 5.56. The predicted molar refractivity (Wildman–Crippen MR) is 61.9 cm³/mol. The number of methoxy groups -OCH3 is 1. The normalized spacial score (nSPS) is 9.47. The van der Waals surface area contributed by atoms with Crippen molar-refractivity contribution in [2.75, 3.05) is 13.7 Å². The summed E-state index contributed by atoms with van der Waals surface area (Å²) in [6.07, 6.45) is 0.742. The van der Waals surface area contributed by atoms with E-state index in [0.29, 0.717) is 28.2 Å². The number of hydrogen-bond donors (Lipinski definition) is 0. The van der Waals surface area contributed by atoms with Gasteiger partial charge in [0.15, 0.2) is 6.29 Å². The van der Waals surface area contributed by atoms with Crippen LogP contribution in [0, 0.1) is 0 Å². The molecule has 0 aromatic heterocycles. The Hall–Kier alpha value is -1.29. The van der Waals surface area contributed by atoms with Gasteiger partial charge in [-0.3, -0.25) is 4.79 Å². The lowest BCUT2D eigenvalue weighted by molar-refractivity contribution is 0.112. The maximum absolute atomic E-state index is 10.7. The Labute approximate surface area is 96.8 Å². The molecule has 0 aliphatic rings. The summed E-state index contributed by atoms with van der Waals surface area (Å²) < 4.78 is 11.1. The van der Waals surface area contributed by atoms with E-state index in [4.69, 9.17) is 9.47 Å². The summed E-state index contributed by atoms with van der Waals surface area (Å²) in [6, 6.07) is 5.03. The summed E-state index contributed by atoms with van der Waals surface area (Å²) in [5.41, 5.74) is 0.490. The number of carbonyl (C=O) groups excluding carboxylic acids is 1. The van der Waals surface area contributed by atoms with Crippen LogP contribution < -0.4 is 9.47 Å². The molecule has 80 valence electrons. The second-order valence-electron chi connectivity index (χ2n) is 2.83. The molecule has 1 aromatic rings. The summed E-state index contributed by atoms with van der Waals surface area (Å²) in [7, 11) is 1.56. The van der Waals surface area contributed by atoms with Crippen LogP contribution in [0.1, 0.15) is 10.4 Å². The quantitative estimate of drug-likeness (QED) is 0.772. The number of halogens is 1. The molecule has 0 aliphatic heterocycles. The summed E-state index contributed by atoms with van der Waals surface area (Å²) in [6.45, 7) is 3.95. The molecule has 0 amide bonds. The number of benzene rings is 1.